The van der Waals surface area contributed by atoms with Crippen molar-refractivity contribution in [2.75, 3.05) is 19.6 Å². The molecule has 0 spiro atoms. The quantitative estimate of drug-likeness (QED) is 0.828. The van der Waals surface area contributed by atoms with Crippen molar-refractivity contribution in [1.29, 1.82) is 0 Å². The van der Waals surface area contributed by atoms with E-state index in [1.165, 1.54) is 44.9 Å². The first-order chi connectivity index (χ1) is 10.3. The van der Waals surface area contributed by atoms with E-state index in [9.17, 15) is 4.79 Å². The summed E-state index contributed by atoms with van der Waals surface area (Å²) in [7, 11) is 0. The van der Waals surface area contributed by atoms with Crippen molar-refractivity contribution >= 4 is 5.91 Å². The number of amides is 1. The van der Waals surface area contributed by atoms with Crippen LogP contribution in [0.4, 0.5) is 0 Å². The third-order valence-corrected chi connectivity index (χ3v) is 6.44. The zero-order valence-corrected chi connectivity index (χ0v) is 13.0. The minimum atomic E-state index is 0.159. The number of hydrogen-bond donors (Lipinski definition) is 2. The van der Waals surface area contributed by atoms with Gasteiger partial charge in [0.25, 0.3) is 0 Å². The van der Waals surface area contributed by atoms with Gasteiger partial charge in [-0.05, 0) is 76.4 Å². The van der Waals surface area contributed by atoms with Crippen molar-refractivity contribution in [3.8, 4) is 0 Å². The van der Waals surface area contributed by atoms with E-state index in [4.69, 9.17) is 0 Å². The van der Waals surface area contributed by atoms with Crippen molar-refractivity contribution in [1.82, 2.24) is 15.5 Å². The molecule has 0 aromatic carbocycles. The summed E-state index contributed by atoms with van der Waals surface area (Å²) in [5.74, 6) is 2.03. The van der Waals surface area contributed by atoms with Gasteiger partial charge >= 0.3 is 0 Å². The van der Waals surface area contributed by atoms with Gasteiger partial charge in [-0.1, -0.05) is 6.42 Å². The van der Waals surface area contributed by atoms with Crippen LogP contribution in [0.25, 0.3) is 0 Å². The van der Waals surface area contributed by atoms with Gasteiger partial charge in [-0.25, -0.2) is 0 Å². The summed E-state index contributed by atoms with van der Waals surface area (Å²) in [6.45, 7) is 3.35. The summed E-state index contributed by atoms with van der Waals surface area (Å²) in [5.41, 5.74) is 0. The minimum Gasteiger partial charge on any atom is -0.352 e. The molecule has 4 unspecified atom stereocenters. The topological polar surface area (TPSA) is 44.4 Å². The van der Waals surface area contributed by atoms with Gasteiger partial charge in [-0.15, -0.1) is 0 Å². The fourth-order valence-corrected chi connectivity index (χ4v) is 5.35. The number of piperidine rings is 1. The Morgan fingerprint density at radius 3 is 2.62 bits per heavy atom. The maximum atomic E-state index is 12.8. The van der Waals surface area contributed by atoms with Crippen LogP contribution in [-0.4, -0.2) is 48.6 Å². The van der Waals surface area contributed by atoms with Gasteiger partial charge in [-0.2, -0.15) is 0 Å². The second-order valence-corrected chi connectivity index (χ2v) is 7.67. The molecule has 0 aromatic heterocycles. The van der Waals surface area contributed by atoms with E-state index in [1.54, 1.807) is 0 Å². The second kappa shape index (κ2) is 5.88. The van der Waals surface area contributed by atoms with Crippen LogP contribution in [0.15, 0.2) is 0 Å². The fraction of sp³-hybridized carbons (Fsp3) is 0.941. The molecule has 4 aliphatic rings. The lowest BCUT2D eigenvalue weighted by Crippen LogP contribution is -2.53. The first kappa shape index (κ1) is 14.0. The Kier molecular flexibility index (Phi) is 3.92. The number of carbonyl (C=O) groups is 1. The van der Waals surface area contributed by atoms with Crippen molar-refractivity contribution in [2.45, 2.75) is 69.5 Å². The smallest absolute Gasteiger partial charge is 0.237 e. The molecular formula is C17H29N3O. The molecule has 0 radical (unpaired) electrons. The normalized spacial score (nSPS) is 40.8. The fourth-order valence-electron chi connectivity index (χ4n) is 5.35. The molecular weight excluding hydrogens is 262 g/mol. The Bertz CT molecular complexity index is 393. The van der Waals surface area contributed by atoms with Gasteiger partial charge in [0.1, 0.15) is 0 Å². The number of likely N-dealkylation sites (tertiary alicyclic amines) is 1. The molecule has 0 aromatic rings. The van der Waals surface area contributed by atoms with Crippen molar-refractivity contribution in [2.24, 2.45) is 11.8 Å². The molecule has 4 rings (SSSR count). The standard InChI is InChI=1S/C17H29N3O/c21-17(19-15-11-12-3-4-13(15)10-12)16-2-1-9-20(16)14-5-7-18-8-6-14/h12-16,18H,1-11H2,(H,19,21). The third-order valence-electron chi connectivity index (χ3n) is 6.44. The predicted molar refractivity (Wildman–Crippen MR) is 83.0 cm³/mol. The summed E-state index contributed by atoms with van der Waals surface area (Å²) < 4.78 is 0. The van der Waals surface area contributed by atoms with E-state index in [1.807, 2.05) is 0 Å². The maximum absolute atomic E-state index is 12.8. The molecule has 2 saturated carbocycles. The average molecular weight is 291 g/mol. The molecule has 4 atom stereocenters. The zero-order valence-electron chi connectivity index (χ0n) is 13.0. The second-order valence-electron chi connectivity index (χ2n) is 7.67. The first-order valence-electron chi connectivity index (χ1n) is 9.08. The van der Waals surface area contributed by atoms with Gasteiger partial charge in [0, 0.05) is 12.1 Å². The van der Waals surface area contributed by atoms with Crippen LogP contribution in [0, 0.1) is 11.8 Å². The predicted octanol–water partition coefficient (Wildman–Crippen LogP) is 1.51. The lowest BCUT2D eigenvalue weighted by atomic mass is 9.95. The van der Waals surface area contributed by atoms with Crippen molar-refractivity contribution in [3.63, 3.8) is 0 Å². The summed E-state index contributed by atoms with van der Waals surface area (Å²) >= 11 is 0. The van der Waals surface area contributed by atoms with Crippen molar-refractivity contribution < 1.29 is 4.79 Å². The Morgan fingerprint density at radius 2 is 1.90 bits per heavy atom. The Balaban J connectivity index is 1.36. The highest BCUT2D eigenvalue weighted by atomic mass is 16.2. The Morgan fingerprint density at radius 1 is 1.05 bits per heavy atom. The molecule has 1 amide bonds. The molecule has 2 heterocycles. The van der Waals surface area contributed by atoms with Gasteiger partial charge in [0.05, 0.1) is 6.04 Å². The number of nitrogens with zero attached hydrogens (tertiary/aromatic N) is 1. The minimum absolute atomic E-state index is 0.159. The summed E-state index contributed by atoms with van der Waals surface area (Å²) in [5, 5.41) is 6.86. The number of rotatable bonds is 3. The van der Waals surface area contributed by atoms with Crippen LogP contribution in [0.1, 0.15) is 51.4 Å². The highest BCUT2D eigenvalue weighted by Crippen LogP contribution is 2.44. The SMILES string of the molecule is O=C(NC1CC2CCC1C2)C1CCCN1C1CCNCC1. The van der Waals surface area contributed by atoms with Crippen LogP contribution in [0.5, 0.6) is 0 Å². The molecule has 4 fully saturated rings. The lowest BCUT2D eigenvalue weighted by molar-refractivity contribution is -0.127. The van der Waals surface area contributed by atoms with Gasteiger partial charge in [-0.3, -0.25) is 9.69 Å². The molecule has 118 valence electrons. The third kappa shape index (κ3) is 2.72. The molecule has 2 aliphatic heterocycles. The molecule has 2 bridgehead atoms. The van der Waals surface area contributed by atoms with Crippen molar-refractivity contribution in [3.05, 3.63) is 0 Å². The van der Waals surface area contributed by atoms with Crippen LogP contribution in [0.2, 0.25) is 0 Å². The highest BCUT2D eigenvalue weighted by Gasteiger charge is 2.42. The van der Waals surface area contributed by atoms with Gasteiger partial charge in [0.15, 0.2) is 0 Å². The molecule has 2 aliphatic carbocycles. The summed E-state index contributed by atoms with van der Waals surface area (Å²) in [4.78, 5) is 15.3. The van der Waals surface area contributed by atoms with Crippen LogP contribution in [0.3, 0.4) is 0 Å². The van der Waals surface area contributed by atoms with E-state index in [0.717, 1.165) is 37.9 Å². The van der Waals surface area contributed by atoms with E-state index in [-0.39, 0.29) is 6.04 Å². The number of fused-ring (bicyclic) bond motifs is 2. The molecule has 2 N–H and O–H groups in total. The highest BCUT2D eigenvalue weighted by molar-refractivity contribution is 5.82. The first-order valence-corrected chi connectivity index (χ1v) is 9.08. The van der Waals surface area contributed by atoms with Gasteiger partial charge in [0.2, 0.25) is 5.91 Å². The van der Waals surface area contributed by atoms with E-state index in [2.05, 4.69) is 15.5 Å². The number of carbonyl (C=O) groups excluding carboxylic acids is 1. The monoisotopic (exact) mass is 291 g/mol. The van der Waals surface area contributed by atoms with E-state index < -0.39 is 0 Å². The van der Waals surface area contributed by atoms with E-state index >= 15 is 0 Å². The lowest BCUT2D eigenvalue weighted by Gasteiger charge is -2.36. The summed E-state index contributed by atoms with van der Waals surface area (Å²) in [6, 6.07) is 1.28. The zero-order chi connectivity index (χ0) is 14.2. The van der Waals surface area contributed by atoms with Crippen LogP contribution in [-0.2, 0) is 4.79 Å². The van der Waals surface area contributed by atoms with Gasteiger partial charge < -0.3 is 10.6 Å². The maximum Gasteiger partial charge on any atom is 0.237 e. The van der Waals surface area contributed by atoms with Crippen LogP contribution < -0.4 is 10.6 Å². The number of nitrogens with one attached hydrogen (secondary N) is 2. The largest absolute Gasteiger partial charge is 0.352 e. The summed E-state index contributed by atoms with van der Waals surface area (Å²) in [6.07, 6.45) is 10.0. The molecule has 21 heavy (non-hydrogen) atoms. The van der Waals surface area contributed by atoms with Crippen LogP contribution >= 0.6 is 0 Å². The Labute approximate surface area is 128 Å². The van der Waals surface area contributed by atoms with E-state index in [0.29, 0.717) is 18.0 Å². The Hall–Kier alpha value is -0.610. The molecule has 4 heteroatoms. The molecule has 2 saturated heterocycles. The molecule has 4 nitrogen and oxygen atoms in total. The number of hydrogen-bond acceptors (Lipinski definition) is 3. The average Bonchev–Trinajstić information content (AvgIpc) is 3.24.